The topological polar surface area (TPSA) is 75.9 Å². The summed E-state index contributed by atoms with van der Waals surface area (Å²) >= 11 is 0. The fourth-order valence-corrected chi connectivity index (χ4v) is 2.59. The zero-order valence-corrected chi connectivity index (χ0v) is 12.7. The average molecular weight is 325 g/mol. The molecule has 0 radical (unpaired) electrons. The maximum atomic E-state index is 12.6. The Morgan fingerprint density at radius 2 is 1.87 bits per heavy atom. The molecule has 5 nitrogen and oxygen atoms in total. The summed E-state index contributed by atoms with van der Waals surface area (Å²) in [5.74, 6) is -0.374. The van der Waals surface area contributed by atoms with Crippen molar-refractivity contribution in [3.05, 3.63) is 35.4 Å². The van der Waals surface area contributed by atoms with E-state index >= 15 is 0 Å². The molecule has 0 N–H and O–H groups in total. The van der Waals surface area contributed by atoms with Crippen molar-refractivity contribution in [3.8, 4) is 6.07 Å². The SMILES string of the molecule is COC1(c2ncc(C(F)(F)F)cn2)C=C(C#N)C(=O)C(C)(C)C1. The highest BCUT2D eigenvalue weighted by atomic mass is 19.4. The van der Waals surface area contributed by atoms with E-state index in [1.165, 1.54) is 13.2 Å². The highest BCUT2D eigenvalue weighted by molar-refractivity contribution is 6.03. The van der Waals surface area contributed by atoms with Crippen molar-refractivity contribution >= 4 is 5.78 Å². The van der Waals surface area contributed by atoms with Gasteiger partial charge in [-0.15, -0.1) is 0 Å². The number of ether oxygens (including phenoxy) is 1. The number of alkyl halides is 3. The van der Waals surface area contributed by atoms with Crippen molar-refractivity contribution in [2.24, 2.45) is 5.41 Å². The number of halogens is 3. The number of Topliss-reactive ketones (excluding diaryl/α,β-unsaturated/α-hetero) is 1. The molecule has 1 aliphatic rings. The summed E-state index contributed by atoms with van der Waals surface area (Å²) in [6, 6.07) is 1.80. The second-order valence-electron chi connectivity index (χ2n) is 5.95. The summed E-state index contributed by atoms with van der Waals surface area (Å²) in [6.45, 7) is 3.27. The normalized spacial score (nSPS) is 24.0. The van der Waals surface area contributed by atoms with Crippen LogP contribution in [0.1, 0.15) is 31.7 Å². The van der Waals surface area contributed by atoms with Gasteiger partial charge >= 0.3 is 6.18 Å². The van der Waals surface area contributed by atoms with E-state index in [1.807, 2.05) is 0 Å². The van der Waals surface area contributed by atoms with Crippen LogP contribution in [-0.4, -0.2) is 22.9 Å². The third-order valence-electron chi connectivity index (χ3n) is 3.78. The molecule has 8 heteroatoms. The van der Waals surface area contributed by atoms with Crippen LogP contribution < -0.4 is 0 Å². The van der Waals surface area contributed by atoms with E-state index in [1.54, 1.807) is 19.9 Å². The molecule has 1 aromatic rings. The molecule has 0 saturated heterocycles. The lowest BCUT2D eigenvalue weighted by Gasteiger charge is -2.38. The fraction of sp³-hybridized carbons (Fsp3) is 0.467. The highest BCUT2D eigenvalue weighted by Gasteiger charge is 2.48. The van der Waals surface area contributed by atoms with Crippen molar-refractivity contribution in [1.82, 2.24) is 9.97 Å². The fourth-order valence-electron chi connectivity index (χ4n) is 2.59. The monoisotopic (exact) mass is 325 g/mol. The number of carbonyl (C=O) groups is 1. The van der Waals surface area contributed by atoms with Crippen molar-refractivity contribution in [2.75, 3.05) is 7.11 Å². The van der Waals surface area contributed by atoms with E-state index < -0.39 is 22.8 Å². The molecular formula is C15H14F3N3O2. The number of methoxy groups -OCH3 is 1. The van der Waals surface area contributed by atoms with E-state index in [2.05, 4.69) is 9.97 Å². The first-order valence-electron chi connectivity index (χ1n) is 6.68. The Morgan fingerprint density at radius 3 is 2.30 bits per heavy atom. The van der Waals surface area contributed by atoms with Gasteiger partial charge in [-0.05, 0) is 12.5 Å². The minimum atomic E-state index is -4.55. The van der Waals surface area contributed by atoms with Crippen LogP contribution in [0.2, 0.25) is 0 Å². The molecule has 23 heavy (non-hydrogen) atoms. The number of nitriles is 1. The first kappa shape index (κ1) is 17.1. The summed E-state index contributed by atoms with van der Waals surface area (Å²) in [4.78, 5) is 19.7. The molecular weight excluding hydrogens is 311 g/mol. The Balaban J connectivity index is 2.56. The summed E-state index contributed by atoms with van der Waals surface area (Å²) in [5.41, 5.74) is -3.36. The van der Waals surface area contributed by atoms with Crippen molar-refractivity contribution < 1.29 is 22.7 Å². The van der Waals surface area contributed by atoms with Gasteiger partial charge in [0.15, 0.2) is 11.6 Å². The average Bonchev–Trinajstić information content (AvgIpc) is 2.49. The van der Waals surface area contributed by atoms with Crippen LogP contribution in [0.4, 0.5) is 13.2 Å². The number of allylic oxidation sites excluding steroid dienone is 1. The van der Waals surface area contributed by atoms with Gasteiger partial charge < -0.3 is 4.74 Å². The number of hydrogen-bond donors (Lipinski definition) is 0. The second kappa shape index (κ2) is 5.42. The molecule has 0 fully saturated rings. The standard InChI is InChI=1S/C15H14F3N3O2/c1-13(2)8-14(23-3,4-9(5-19)11(13)22)12-20-6-10(7-21-12)15(16,17)18/h4,6-7H,8H2,1-3H3. The Hall–Kier alpha value is -2.27. The molecule has 0 saturated carbocycles. The van der Waals surface area contributed by atoms with Gasteiger partial charge in [-0.3, -0.25) is 4.79 Å². The van der Waals surface area contributed by atoms with Gasteiger partial charge in [0.2, 0.25) is 0 Å². The van der Waals surface area contributed by atoms with Crippen molar-refractivity contribution in [2.45, 2.75) is 32.0 Å². The Kier molecular flexibility index (Phi) is 4.03. The van der Waals surface area contributed by atoms with E-state index in [0.717, 1.165) is 0 Å². The number of aromatic nitrogens is 2. The molecule has 122 valence electrons. The molecule has 0 bridgehead atoms. The van der Waals surface area contributed by atoms with Gasteiger partial charge in [-0.1, -0.05) is 13.8 Å². The first-order valence-corrected chi connectivity index (χ1v) is 6.68. The van der Waals surface area contributed by atoms with Crippen LogP contribution in [0.5, 0.6) is 0 Å². The number of hydrogen-bond acceptors (Lipinski definition) is 5. The Labute approximate surface area is 130 Å². The summed E-state index contributed by atoms with van der Waals surface area (Å²) < 4.78 is 43.3. The molecule has 1 aliphatic carbocycles. The van der Waals surface area contributed by atoms with Gasteiger partial charge in [0.25, 0.3) is 0 Å². The molecule has 0 spiro atoms. The zero-order valence-electron chi connectivity index (χ0n) is 12.7. The van der Waals surface area contributed by atoms with Crippen LogP contribution >= 0.6 is 0 Å². The molecule has 0 aliphatic heterocycles. The maximum absolute atomic E-state index is 12.6. The molecule has 1 heterocycles. The van der Waals surface area contributed by atoms with E-state index in [0.29, 0.717) is 12.4 Å². The summed E-state index contributed by atoms with van der Waals surface area (Å²) in [7, 11) is 1.33. The predicted molar refractivity (Wildman–Crippen MR) is 72.8 cm³/mol. The number of nitrogens with zero attached hydrogens (tertiary/aromatic N) is 3. The highest BCUT2D eigenvalue weighted by Crippen LogP contribution is 2.44. The molecule has 1 atom stereocenters. The lowest BCUT2D eigenvalue weighted by molar-refractivity contribution is -0.138. The third-order valence-corrected chi connectivity index (χ3v) is 3.78. The predicted octanol–water partition coefficient (Wildman–Crippen LogP) is 2.79. The van der Waals surface area contributed by atoms with Crippen molar-refractivity contribution in [3.63, 3.8) is 0 Å². The third kappa shape index (κ3) is 2.97. The van der Waals surface area contributed by atoms with Crippen LogP contribution in [0.15, 0.2) is 24.0 Å². The number of carbonyl (C=O) groups excluding carboxylic acids is 1. The van der Waals surface area contributed by atoms with Gasteiger partial charge in [0.1, 0.15) is 11.7 Å². The quantitative estimate of drug-likeness (QED) is 0.836. The lowest BCUT2D eigenvalue weighted by atomic mass is 9.69. The zero-order chi connectivity index (χ0) is 17.5. The van der Waals surface area contributed by atoms with E-state index in [-0.39, 0.29) is 23.6 Å². The first-order chi connectivity index (χ1) is 10.6. The van der Waals surface area contributed by atoms with Gasteiger partial charge in [0, 0.05) is 24.9 Å². The van der Waals surface area contributed by atoms with E-state index in [4.69, 9.17) is 10.00 Å². The number of ketones is 1. The van der Waals surface area contributed by atoms with Crippen LogP contribution in [-0.2, 0) is 21.3 Å². The molecule has 2 rings (SSSR count). The molecule has 0 amide bonds. The van der Waals surface area contributed by atoms with Crippen molar-refractivity contribution in [1.29, 1.82) is 5.26 Å². The van der Waals surface area contributed by atoms with Gasteiger partial charge in [-0.2, -0.15) is 18.4 Å². The summed E-state index contributed by atoms with van der Waals surface area (Å²) in [5, 5.41) is 9.13. The molecule has 1 aromatic heterocycles. The largest absolute Gasteiger partial charge is 0.419 e. The van der Waals surface area contributed by atoms with Crippen LogP contribution in [0, 0.1) is 16.7 Å². The Bertz CT molecular complexity index is 702. The second-order valence-corrected chi connectivity index (χ2v) is 5.95. The lowest BCUT2D eigenvalue weighted by Crippen LogP contribution is -2.43. The number of rotatable bonds is 2. The maximum Gasteiger partial charge on any atom is 0.419 e. The van der Waals surface area contributed by atoms with Gasteiger partial charge in [0.05, 0.1) is 11.1 Å². The summed E-state index contributed by atoms with van der Waals surface area (Å²) in [6.07, 6.45) is -1.83. The minimum absolute atomic E-state index is 0.0266. The molecule has 0 aromatic carbocycles. The van der Waals surface area contributed by atoms with E-state index in [9.17, 15) is 18.0 Å². The van der Waals surface area contributed by atoms with Crippen LogP contribution in [0.25, 0.3) is 0 Å². The molecule has 1 unspecified atom stereocenters. The Morgan fingerprint density at radius 1 is 1.30 bits per heavy atom. The van der Waals surface area contributed by atoms with Crippen LogP contribution in [0.3, 0.4) is 0 Å². The smallest absolute Gasteiger partial charge is 0.366 e. The van der Waals surface area contributed by atoms with Gasteiger partial charge in [-0.25, -0.2) is 9.97 Å². The minimum Gasteiger partial charge on any atom is -0.366 e.